The molecule has 0 radical (unpaired) electrons. The highest BCUT2D eigenvalue weighted by Gasteiger charge is 2.33. The molecule has 24 heavy (non-hydrogen) atoms. The Bertz CT molecular complexity index is 772. The largest absolute Gasteiger partial charge is 0.550 e. The SMILES string of the molecule is O=C([O-])CCC(=O)N1N=C(c2ccc(Br)cc2)C[C@H]1c1cccs1. The van der Waals surface area contributed by atoms with Crippen LogP contribution in [0.2, 0.25) is 0 Å². The molecule has 2 aromatic rings. The van der Waals surface area contributed by atoms with Crippen LogP contribution in [0, 0.1) is 0 Å². The van der Waals surface area contributed by atoms with Crippen LogP contribution in [0.4, 0.5) is 0 Å². The third-order valence-electron chi connectivity index (χ3n) is 3.76. The van der Waals surface area contributed by atoms with Crippen molar-refractivity contribution in [1.82, 2.24) is 5.01 Å². The summed E-state index contributed by atoms with van der Waals surface area (Å²) in [4.78, 5) is 24.1. The van der Waals surface area contributed by atoms with Gasteiger partial charge < -0.3 is 9.90 Å². The van der Waals surface area contributed by atoms with Crippen LogP contribution in [0.1, 0.15) is 35.7 Å². The van der Waals surface area contributed by atoms with Gasteiger partial charge in [0.25, 0.3) is 0 Å². The highest BCUT2D eigenvalue weighted by Crippen LogP contribution is 2.35. The summed E-state index contributed by atoms with van der Waals surface area (Å²) in [6.07, 6.45) is 0.205. The van der Waals surface area contributed by atoms with E-state index in [1.54, 1.807) is 11.3 Å². The molecule has 1 aromatic heterocycles. The Morgan fingerprint density at radius 3 is 2.62 bits per heavy atom. The molecular weight excluding hydrogens is 392 g/mol. The summed E-state index contributed by atoms with van der Waals surface area (Å²) >= 11 is 4.96. The highest BCUT2D eigenvalue weighted by atomic mass is 79.9. The molecular formula is C17H14BrN2O3S-. The number of carbonyl (C=O) groups is 2. The molecule has 2 heterocycles. The number of rotatable bonds is 5. The molecule has 0 fully saturated rings. The number of benzene rings is 1. The molecule has 0 N–H and O–H groups in total. The average Bonchev–Trinajstić information content (AvgIpc) is 3.22. The standard InChI is InChI=1S/C17H15BrN2O3S/c18-12-5-3-11(4-6-12)13-10-14(15-2-1-9-24-15)20(19-13)16(21)7-8-17(22)23/h1-6,9,14H,7-8,10H2,(H,22,23)/p-1/t14-/m0/s1. The van der Waals surface area contributed by atoms with Crippen LogP contribution in [0.15, 0.2) is 51.4 Å². The Hall–Kier alpha value is -1.99. The number of carboxylic acid groups (broad SMARTS) is 1. The van der Waals surface area contributed by atoms with Crippen LogP contribution in [-0.2, 0) is 9.59 Å². The maximum atomic E-state index is 12.4. The normalized spacial score (nSPS) is 17.0. The first-order valence-electron chi connectivity index (χ1n) is 7.43. The van der Waals surface area contributed by atoms with Gasteiger partial charge in [0.15, 0.2) is 0 Å². The fourth-order valence-corrected chi connectivity index (χ4v) is 3.66. The van der Waals surface area contributed by atoms with E-state index < -0.39 is 5.97 Å². The first-order chi connectivity index (χ1) is 11.5. The minimum atomic E-state index is -1.23. The minimum Gasteiger partial charge on any atom is -0.550 e. The molecule has 0 spiro atoms. The molecule has 7 heteroatoms. The Morgan fingerprint density at radius 2 is 2.00 bits per heavy atom. The lowest BCUT2D eigenvalue weighted by molar-refractivity contribution is -0.305. The first kappa shape index (κ1) is 16.9. The lowest BCUT2D eigenvalue weighted by Gasteiger charge is -2.20. The Morgan fingerprint density at radius 1 is 1.25 bits per heavy atom. The van der Waals surface area contributed by atoms with Crippen LogP contribution < -0.4 is 5.11 Å². The van der Waals surface area contributed by atoms with E-state index in [1.165, 1.54) is 5.01 Å². The summed E-state index contributed by atoms with van der Waals surface area (Å²) in [5, 5.41) is 18.5. The quantitative estimate of drug-likeness (QED) is 0.767. The van der Waals surface area contributed by atoms with E-state index in [2.05, 4.69) is 21.0 Å². The van der Waals surface area contributed by atoms with Crippen LogP contribution in [-0.4, -0.2) is 22.6 Å². The lowest BCUT2D eigenvalue weighted by atomic mass is 10.0. The van der Waals surface area contributed by atoms with Gasteiger partial charge in [-0.3, -0.25) is 4.79 Å². The number of thiophene rings is 1. The predicted octanol–water partition coefficient (Wildman–Crippen LogP) is 2.72. The molecule has 0 saturated carbocycles. The number of nitrogens with zero attached hydrogens (tertiary/aromatic N) is 2. The number of carboxylic acids is 1. The van der Waals surface area contributed by atoms with Crippen molar-refractivity contribution in [3.05, 3.63) is 56.7 Å². The average molecular weight is 406 g/mol. The van der Waals surface area contributed by atoms with E-state index in [-0.39, 0.29) is 24.8 Å². The van der Waals surface area contributed by atoms with Crippen LogP contribution in [0.5, 0.6) is 0 Å². The zero-order valence-electron chi connectivity index (χ0n) is 12.6. The summed E-state index contributed by atoms with van der Waals surface area (Å²) in [5.74, 6) is -1.53. The van der Waals surface area contributed by atoms with E-state index in [0.29, 0.717) is 6.42 Å². The van der Waals surface area contributed by atoms with E-state index >= 15 is 0 Å². The molecule has 0 aliphatic carbocycles. The van der Waals surface area contributed by atoms with Gasteiger partial charge in [-0.15, -0.1) is 11.3 Å². The number of hydrogen-bond acceptors (Lipinski definition) is 5. The van der Waals surface area contributed by atoms with Gasteiger partial charge in [0, 0.05) is 28.2 Å². The molecule has 124 valence electrons. The smallest absolute Gasteiger partial charge is 0.243 e. The molecule has 0 bridgehead atoms. The van der Waals surface area contributed by atoms with Crippen LogP contribution >= 0.6 is 27.3 Å². The van der Waals surface area contributed by atoms with Gasteiger partial charge in [0.1, 0.15) is 0 Å². The number of aliphatic carboxylic acids is 1. The van der Waals surface area contributed by atoms with Crippen molar-refractivity contribution in [2.75, 3.05) is 0 Å². The molecule has 0 saturated heterocycles. The molecule has 1 amide bonds. The molecule has 0 unspecified atom stereocenters. The second-order valence-corrected chi connectivity index (χ2v) is 7.29. The summed E-state index contributed by atoms with van der Waals surface area (Å²) in [7, 11) is 0. The molecule has 1 atom stereocenters. The van der Waals surface area contributed by atoms with Gasteiger partial charge >= 0.3 is 0 Å². The molecule has 1 aliphatic heterocycles. The molecule has 1 aliphatic rings. The second kappa shape index (κ2) is 7.27. The molecule has 5 nitrogen and oxygen atoms in total. The van der Waals surface area contributed by atoms with Crippen molar-refractivity contribution in [1.29, 1.82) is 0 Å². The number of hydrogen-bond donors (Lipinski definition) is 0. The summed E-state index contributed by atoms with van der Waals surface area (Å²) < 4.78 is 0.974. The van der Waals surface area contributed by atoms with Crippen molar-refractivity contribution in [3.8, 4) is 0 Å². The number of halogens is 1. The zero-order chi connectivity index (χ0) is 17.1. The Labute approximate surface area is 151 Å². The monoisotopic (exact) mass is 405 g/mol. The summed E-state index contributed by atoms with van der Waals surface area (Å²) in [6.45, 7) is 0. The summed E-state index contributed by atoms with van der Waals surface area (Å²) in [5.41, 5.74) is 1.78. The van der Waals surface area contributed by atoms with Gasteiger partial charge in [-0.25, -0.2) is 5.01 Å². The van der Waals surface area contributed by atoms with Crippen molar-refractivity contribution < 1.29 is 14.7 Å². The zero-order valence-corrected chi connectivity index (χ0v) is 15.0. The summed E-state index contributed by atoms with van der Waals surface area (Å²) in [6, 6.07) is 11.5. The minimum absolute atomic E-state index is 0.110. The van der Waals surface area contributed by atoms with Gasteiger partial charge in [-0.1, -0.05) is 34.1 Å². The molecule has 3 rings (SSSR count). The van der Waals surface area contributed by atoms with Gasteiger partial charge in [-0.2, -0.15) is 5.10 Å². The lowest BCUT2D eigenvalue weighted by Crippen LogP contribution is -2.29. The third-order valence-corrected chi connectivity index (χ3v) is 5.26. The van der Waals surface area contributed by atoms with Crippen LogP contribution in [0.25, 0.3) is 0 Å². The van der Waals surface area contributed by atoms with Gasteiger partial charge in [0.05, 0.1) is 11.8 Å². The van der Waals surface area contributed by atoms with Crippen molar-refractivity contribution >= 4 is 44.9 Å². The maximum absolute atomic E-state index is 12.4. The fraction of sp³-hybridized carbons (Fsp3) is 0.235. The van der Waals surface area contributed by atoms with Gasteiger partial charge in [0.2, 0.25) is 5.91 Å². The fourth-order valence-electron chi connectivity index (χ4n) is 2.58. The number of amides is 1. The number of carbonyl (C=O) groups excluding carboxylic acids is 2. The molecule has 1 aromatic carbocycles. The van der Waals surface area contributed by atoms with Crippen molar-refractivity contribution in [2.45, 2.75) is 25.3 Å². The third kappa shape index (κ3) is 3.73. The van der Waals surface area contributed by atoms with E-state index in [4.69, 9.17) is 0 Å². The first-order valence-corrected chi connectivity index (χ1v) is 9.10. The highest BCUT2D eigenvalue weighted by molar-refractivity contribution is 9.10. The Kier molecular flexibility index (Phi) is 5.11. The van der Waals surface area contributed by atoms with Gasteiger partial charge in [-0.05, 0) is 35.6 Å². The Balaban J connectivity index is 1.86. The second-order valence-electron chi connectivity index (χ2n) is 5.40. The topological polar surface area (TPSA) is 72.8 Å². The maximum Gasteiger partial charge on any atom is 0.243 e. The number of hydrazone groups is 1. The van der Waals surface area contributed by atoms with Crippen molar-refractivity contribution in [2.24, 2.45) is 5.10 Å². The van der Waals surface area contributed by atoms with Crippen molar-refractivity contribution in [3.63, 3.8) is 0 Å². The van der Waals surface area contributed by atoms with E-state index in [1.807, 2.05) is 41.8 Å². The van der Waals surface area contributed by atoms with E-state index in [0.717, 1.165) is 20.6 Å². The predicted molar refractivity (Wildman–Crippen MR) is 93.4 cm³/mol. The van der Waals surface area contributed by atoms with E-state index in [9.17, 15) is 14.7 Å². The van der Waals surface area contributed by atoms with Crippen LogP contribution in [0.3, 0.4) is 0 Å².